The van der Waals surface area contributed by atoms with Crippen LogP contribution in [0.1, 0.15) is 18.1 Å². The summed E-state index contributed by atoms with van der Waals surface area (Å²) in [5.74, 6) is -0.163. The first-order chi connectivity index (χ1) is 8.77. The van der Waals surface area contributed by atoms with E-state index in [1.165, 1.54) is 6.92 Å². The molecule has 0 bridgehead atoms. The normalized spacial score (nSPS) is 11.7. The third kappa shape index (κ3) is 1.61. The number of carbonyl (C=O) groups excluding carboxylic acids is 1. The van der Waals surface area contributed by atoms with Gasteiger partial charge in [-0.2, -0.15) is 5.10 Å². The lowest BCUT2D eigenvalue weighted by Gasteiger charge is -2.01. The van der Waals surface area contributed by atoms with E-state index in [4.69, 9.17) is 0 Å². The largest absolute Gasteiger partial charge is 0.274 e. The minimum atomic E-state index is -0.163. The number of amides is 1. The number of hydrogen-bond acceptors (Lipinski definition) is 2. The molecular formula is C15H12N2O. The van der Waals surface area contributed by atoms with Gasteiger partial charge in [-0.1, -0.05) is 48.5 Å². The minimum Gasteiger partial charge on any atom is -0.274 e. The van der Waals surface area contributed by atoms with E-state index in [0.717, 1.165) is 28.0 Å². The maximum atomic E-state index is 11.0. The molecule has 0 aromatic heterocycles. The molecule has 3 nitrogen and oxygen atoms in total. The predicted octanol–water partition coefficient (Wildman–Crippen LogP) is 2.56. The Balaban J connectivity index is 2.21. The van der Waals surface area contributed by atoms with Crippen LogP contribution < -0.4 is 5.43 Å². The lowest BCUT2D eigenvalue weighted by molar-refractivity contribution is -0.118. The van der Waals surface area contributed by atoms with Crippen molar-refractivity contribution in [3.63, 3.8) is 0 Å². The van der Waals surface area contributed by atoms with Crippen molar-refractivity contribution in [2.75, 3.05) is 0 Å². The summed E-state index contributed by atoms with van der Waals surface area (Å²) in [6.07, 6.45) is 0. The summed E-state index contributed by atoms with van der Waals surface area (Å²) in [6.45, 7) is 1.46. The summed E-state index contributed by atoms with van der Waals surface area (Å²) >= 11 is 0. The smallest absolute Gasteiger partial charge is 0.236 e. The number of hydrogen-bond donors (Lipinski definition) is 1. The molecule has 0 spiro atoms. The van der Waals surface area contributed by atoms with Gasteiger partial charge in [0.2, 0.25) is 5.91 Å². The lowest BCUT2D eigenvalue weighted by Crippen LogP contribution is -2.15. The zero-order valence-electron chi connectivity index (χ0n) is 9.97. The molecule has 0 heterocycles. The van der Waals surface area contributed by atoms with Crippen LogP contribution in [0.4, 0.5) is 0 Å². The molecule has 0 fully saturated rings. The van der Waals surface area contributed by atoms with Crippen LogP contribution in [0.3, 0.4) is 0 Å². The highest BCUT2D eigenvalue weighted by atomic mass is 16.2. The summed E-state index contributed by atoms with van der Waals surface area (Å²) < 4.78 is 0. The van der Waals surface area contributed by atoms with Crippen molar-refractivity contribution < 1.29 is 4.79 Å². The van der Waals surface area contributed by atoms with Gasteiger partial charge in [0, 0.05) is 18.1 Å². The van der Waals surface area contributed by atoms with Gasteiger partial charge < -0.3 is 0 Å². The molecular weight excluding hydrogens is 224 g/mol. The van der Waals surface area contributed by atoms with Crippen molar-refractivity contribution in [3.05, 3.63) is 59.7 Å². The number of hydrazone groups is 1. The van der Waals surface area contributed by atoms with Gasteiger partial charge in [-0.3, -0.25) is 4.79 Å². The highest BCUT2D eigenvalue weighted by Crippen LogP contribution is 2.36. The quantitative estimate of drug-likeness (QED) is 0.648. The second kappa shape index (κ2) is 4.11. The molecule has 1 amide bonds. The Morgan fingerprint density at radius 3 is 1.78 bits per heavy atom. The molecule has 2 aromatic carbocycles. The minimum absolute atomic E-state index is 0.163. The number of fused-ring (bicyclic) bond motifs is 3. The average Bonchev–Trinajstić information content (AvgIpc) is 2.71. The van der Waals surface area contributed by atoms with Crippen LogP contribution in [0.25, 0.3) is 11.1 Å². The fraction of sp³-hybridized carbons (Fsp3) is 0.0667. The van der Waals surface area contributed by atoms with Crippen molar-refractivity contribution in [2.45, 2.75) is 6.92 Å². The summed E-state index contributed by atoms with van der Waals surface area (Å²) in [4.78, 5) is 11.0. The molecule has 0 saturated carbocycles. The highest BCUT2D eigenvalue weighted by molar-refractivity contribution is 6.24. The molecule has 0 aliphatic heterocycles. The number of rotatable bonds is 1. The maximum absolute atomic E-state index is 11.0. The van der Waals surface area contributed by atoms with E-state index in [9.17, 15) is 4.79 Å². The Hall–Kier alpha value is -2.42. The first-order valence-corrected chi connectivity index (χ1v) is 5.81. The molecule has 0 saturated heterocycles. The van der Waals surface area contributed by atoms with Crippen LogP contribution in [0.5, 0.6) is 0 Å². The Labute approximate surface area is 105 Å². The van der Waals surface area contributed by atoms with Crippen LogP contribution >= 0.6 is 0 Å². The van der Waals surface area contributed by atoms with E-state index in [0.29, 0.717) is 0 Å². The number of benzene rings is 2. The fourth-order valence-corrected chi connectivity index (χ4v) is 2.25. The van der Waals surface area contributed by atoms with Gasteiger partial charge in [0.15, 0.2) is 0 Å². The molecule has 1 aliphatic carbocycles. The van der Waals surface area contributed by atoms with Crippen molar-refractivity contribution >= 4 is 11.6 Å². The number of nitrogens with one attached hydrogen (secondary N) is 1. The van der Waals surface area contributed by atoms with Crippen LogP contribution in [0.15, 0.2) is 53.6 Å². The molecule has 3 heteroatoms. The van der Waals surface area contributed by atoms with Gasteiger partial charge >= 0.3 is 0 Å². The topological polar surface area (TPSA) is 41.5 Å². The van der Waals surface area contributed by atoms with E-state index < -0.39 is 0 Å². The zero-order valence-corrected chi connectivity index (χ0v) is 9.97. The summed E-state index contributed by atoms with van der Waals surface area (Å²) in [5, 5.41) is 4.22. The second-order valence-corrected chi connectivity index (χ2v) is 4.22. The van der Waals surface area contributed by atoms with E-state index >= 15 is 0 Å². The van der Waals surface area contributed by atoms with Gasteiger partial charge in [-0.05, 0) is 11.1 Å². The number of carbonyl (C=O) groups is 1. The molecule has 0 radical (unpaired) electrons. The zero-order chi connectivity index (χ0) is 12.5. The third-order valence-corrected chi connectivity index (χ3v) is 2.98. The van der Waals surface area contributed by atoms with Crippen LogP contribution in [0.2, 0.25) is 0 Å². The highest BCUT2D eigenvalue weighted by Gasteiger charge is 2.23. The number of nitrogens with zero attached hydrogens (tertiary/aromatic N) is 1. The summed E-state index contributed by atoms with van der Waals surface area (Å²) in [6, 6.07) is 16.2. The van der Waals surface area contributed by atoms with Gasteiger partial charge in [0.1, 0.15) is 0 Å². The Kier molecular flexibility index (Phi) is 2.45. The average molecular weight is 236 g/mol. The molecule has 0 unspecified atom stereocenters. The van der Waals surface area contributed by atoms with E-state index in [1.807, 2.05) is 36.4 Å². The third-order valence-electron chi connectivity index (χ3n) is 2.98. The van der Waals surface area contributed by atoms with Gasteiger partial charge in [-0.15, -0.1) is 0 Å². The molecule has 1 N–H and O–H groups in total. The van der Waals surface area contributed by atoms with Gasteiger partial charge in [0.25, 0.3) is 0 Å². The van der Waals surface area contributed by atoms with E-state index in [2.05, 4.69) is 22.7 Å². The van der Waals surface area contributed by atoms with Crippen LogP contribution in [0, 0.1) is 0 Å². The molecule has 2 aromatic rings. The summed E-state index contributed by atoms with van der Waals surface area (Å²) in [5.41, 5.74) is 7.80. The second-order valence-electron chi connectivity index (χ2n) is 4.22. The molecule has 1 aliphatic rings. The van der Waals surface area contributed by atoms with Crippen LogP contribution in [-0.4, -0.2) is 11.6 Å². The van der Waals surface area contributed by atoms with Crippen LogP contribution in [-0.2, 0) is 4.79 Å². The monoisotopic (exact) mass is 236 g/mol. The first-order valence-electron chi connectivity index (χ1n) is 5.81. The standard InChI is InChI=1S/C15H12N2O/c1-10(18)16-17-15-13-8-4-2-6-11(13)12-7-3-5-9-14(12)15/h2-9H,1H3,(H,16,18). The van der Waals surface area contributed by atoms with Crippen molar-refractivity contribution in [3.8, 4) is 11.1 Å². The Morgan fingerprint density at radius 1 is 0.889 bits per heavy atom. The van der Waals surface area contributed by atoms with Crippen molar-refractivity contribution in [1.29, 1.82) is 0 Å². The SMILES string of the molecule is CC(=O)NN=C1c2ccccc2-c2ccccc21. The molecule has 88 valence electrons. The molecule has 0 atom stereocenters. The van der Waals surface area contributed by atoms with Crippen molar-refractivity contribution in [2.24, 2.45) is 5.10 Å². The van der Waals surface area contributed by atoms with Crippen molar-refractivity contribution in [1.82, 2.24) is 5.43 Å². The fourth-order valence-electron chi connectivity index (χ4n) is 2.25. The van der Waals surface area contributed by atoms with E-state index in [1.54, 1.807) is 0 Å². The predicted molar refractivity (Wildman–Crippen MR) is 71.3 cm³/mol. The first kappa shape index (κ1) is 10.7. The van der Waals surface area contributed by atoms with Gasteiger partial charge in [0.05, 0.1) is 5.71 Å². The molecule has 3 rings (SSSR count). The van der Waals surface area contributed by atoms with E-state index in [-0.39, 0.29) is 5.91 Å². The summed E-state index contributed by atoms with van der Waals surface area (Å²) in [7, 11) is 0. The Morgan fingerprint density at radius 2 is 1.33 bits per heavy atom. The van der Waals surface area contributed by atoms with Gasteiger partial charge in [-0.25, -0.2) is 5.43 Å². The molecule has 18 heavy (non-hydrogen) atoms. The lowest BCUT2D eigenvalue weighted by atomic mass is 10.1. The Bertz CT molecular complexity index is 612. The maximum Gasteiger partial charge on any atom is 0.236 e.